The molecule has 20 heavy (non-hydrogen) atoms. The van der Waals surface area contributed by atoms with Gasteiger partial charge in [0.05, 0.1) is 31.0 Å². The molecular weight excluding hydrogens is 266 g/mol. The van der Waals surface area contributed by atoms with Crippen molar-refractivity contribution in [3.8, 4) is 0 Å². The van der Waals surface area contributed by atoms with Crippen LogP contribution in [0.1, 0.15) is 13.3 Å². The Hall–Kier alpha value is -1.76. The van der Waals surface area contributed by atoms with Gasteiger partial charge in [-0.05, 0) is 13.3 Å². The van der Waals surface area contributed by atoms with Gasteiger partial charge in [0.15, 0.2) is 0 Å². The molecule has 2 heterocycles. The summed E-state index contributed by atoms with van der Waals surface area (Å²) in [6, 6.07) is 0. The molecule has 0 aromatic rings. The first-order valence-electron chi connectivity index (χ1n) is 6.51. The van der Waals surface area contributed by atoms with E-state index in [1.165, 1.54) is 20.4 Å². The van der Waals surface area contributed by atoms with Gasteiger partial charge in [0.25, 0.3) is 6.29 Å². The minimum Gasteiger partial charge on any atom is -0.466 e. The smallest absolute Gasteiger partial charge is 0.409 e. The first-order chi connectivity index (χ1) is 9.51. The van der Waals surface area contributed by atoms with Crippen LogP contribution in [-0.2, 0) is 23.7 Å². The minimum absolute atomic E-state index is 0.0723. The van der Waals surface area contributed by atoms with E-state index in [9.17, 15) is 9.59 Å². The molecule has 0 bridgehead atoms. The molecule has 1 saturated carbocycles. The fourth-order valence-electron chi connectivity index (χ4n) is 3.30. The number of epoxide rings is 1. The number of hydrogen-bond donors (Lipinski definition) is 1. The fourth-order valence-corrected chi connectivity index (χ4v) is 3.30. The summed E-state index contributed by atoms with van der Waals surface area (Å²) in [5.41, 5.74) is 0.0722. The molecule has 1 amide bonds. The van der Waals surface area contributed by atoms with Crippen LogP contribution >= 0.6 is 0 Å². The second kappa shape index (κ2) is 4.37. The standard InChI is InChI=1S/C13H17NO6/c1-13-8(20-13)4-6-7(10(15)17-3)5-18-11(9(6)13)19-12(16)14-2/h5-6,8-9,11H,4H2,1-3H3,(H,14,16)/t6?,8?,9?,11?,13-/m0/s1. The van der Waals surface area contributed by atoms with Crippen molar-refractivity contribution in [3.05, 3.63) is 11.8 Å². The van der Waals surface area contributed by atoms with Crippen molar-refractivity contribution in [2.24, 2.45) is 11.8 Å². The maximum absolute atomic E-state index is 11.8. The van der Waals surface area contributed by atoms with Gasteiger partial charge in [-0.25, -0.2) is 9.59 Å². The highest BCUT2D eigenvalue weighted by Gasteiger charge is 2.71. The predicted octanol–water partition coefficient (Wildman–Crippen LogP) is 0.549. The number of alkyl carbamates (subject to hydrolysis) is 1. The Balaban J connectivity index is 1.86. The average Bonchev–Trinajstić information content (AvgIpc) is 3.00. The third kappa shape index (κ3) is 1.76. The van der Waals surface area contributed by atoms with Crippen LogP contribution in [0.2, 0.25) is 0 Å². The van der Waals surface area contributed by atoms with Crippen LogP contribution in [0.15, 0.2) is 11.8 Å². The van der Waals surface area contributed by atoms with Crippen LogP contribution in [0.5, 0.6) is 0 Å². The van der Waals surface area contributed by atoms with Crippen molar-refractivity contribution in [3.63, 3.8) is 0 Å². The van der Waals surface area contributed by atoms with Gasteiger partial charge >= 0.3 is 12.1 Å². The summed E-state index contributed by atoms with van der Waals surface area (Å²) in [4.78, 5) is 23.2. The van der Waals surface area contributed by atoms with Crippen LogP contribution in [0.25, 0.3) is 0 Å². The molecule has 110 valence electrons. The molecule has 5 atom stereocenters. The highest BCUT2D eigenvalue weighted by Crippen LogP contribution is 2.60. The lowest BCUT2D eigenvalue weighted by Crippen LogP contribution is -2.44. The summed E-state index contributed by atoms with van der Waals surface area (Å²) in [5, 5.41) is 2.38. The molecule has 3 aliphatic rings. The molecule has 1 N–H and O–H groups in total. The van der Waals surface area contributed by atoms with Crippen LogP contribution < -0.4 is 5.32 Å². The van der Waals surface area contributed by atoms with Crippen molar-refractivity contribution in [1.29, 1.82) is 0 Å². The zero-order valence-corrected chi connectivity index (χ0v) is 11.5. The number of ether oxygens (including phenoxy) is 4. The quantitative estimate of drug-likeness (QED) is 0.588. The van der Waals surface area contributed by atoms with Gasteiger partial charge in [-0.15, -0.1) is 0 Å². The first kappa shape index (κ1) is 13.2. The monoisotopic (exact) mass is 283 g/mol. The van der Waals surface area contributed by atoms with E-state index in [-0.39, 0.29) is 17.9 Å². The summed E-state index contributed by atoms with van der Waals surface area (Å²) in [6.07, 6.45) is 0.790. The molecule has 1 aliphatic carbocycles. The molecule has 2 fully saturated rings. The molecular formula is C13H17NO6. The van der Waals surface area contributed by atoms with E-state index < -0.39 is 24.0 Å². The minimum atomic E-state index is -0.758. The largest absolute Gasteiger partial charge is 0.466 e. The topological polar surface area (TPSA) is 86.4 Å². The molecule has 2 aliphatic heterocycles. The van der Waals surface area contributed by atoms with Gasteiger partial charge in [0.2, 0.25) is 0 Å². The molecule has 3 rings (SSSR count). The molecule has 1 saturated heterocycles. The number of nitrogens with one attached hydrogen (secondary N) is 1. The number of amides is 1. The lowest BCUT2D eigenvalue weighted by molar-refractivity contribution is -0.150. The Morgan fingerprint density at radius 1 is 1.50 bits per heavy atom. The number of hydrogen-bond acceptors (Lipinski definition) is 6. The zero-order chi connectivity index (χ0) is 14.5. The van der Waals surface area contributed by atoms with E-state index in [1.807, 2.05) is 6.92 Å². The number of rotatable bonds is 2. The number of esters is 1. The van der Waals surface area contributed by atoms with E-state index >= 15 is 0 Å². The summed E-state index contributed by atoms with van der Waals surface area (Å²) in [5.74, 6) is -0.693. The lowest BCUT2D eigenvalue weighted by atomic mass is 9.82. The SMILES string of the molecule is CNC(=O)OC1OC=C(C(=O)OC)C2CC3O[C@]3(C)C12. The van der Waals surface area contributed by atoms with Crippen LogP contribution in [0, 0.1) is 11.8 Å². The number of carbonyl (C=O) groups is 2. The zero-order valence-electron chi connectivity index (χ0n) is 11.5. The Bertz CT molecular complexity index is 489. The van der Waals surface area contributed by atoms with Gasteiger partial charge in [-0.1, -0.05) is 0 Å². The van der Waals surface area contributed by atoms with Crippen molar-refractivity contribution >= 4 is 12.1 Å². The summed E-state index contributed by atoms with van der Waals surface area (Å²) < 4.78 is 21.1. The van der Waals surface area contributed by atoms with Gasteiger partial charge in [0.1, 0.15) is 5.60 Å². The Morgan fingerprint density at radius 2 is 2.25 bits per heavy atom. The van der Waals surface area contributed by atoms with E-state index in [0.29, 0.717) is 12.0 Å². The van der Waals surface area contributed by atoms with Crippen molar-refractivity contribution < 1.29 is 28.5 Å². The summed E-state index contributed by atoms with van der Waals surface area (Å²) >= 11 is 0. The van der Waals surface area contributed by atoms with Crippen molar-refractivity contribution in [2.45, 2.75) is 31.3 Å². The predicted molar refractivity (Wildman–Crippen MR) is 65.4 cm³/mol. The summed E-state index contributed by atoms with van der Waals surface area (Å²) in [7, 11) is 2.81. The highest BCUT2D eigenvalue weighted by molar-refractivity contribution is 5.89. The normalized spacial score (nSPS) is 40.6. The first-order valence-corrected chi connectivity index (χ1v) is 6.51. The third-order valence-electron chi connectivity index (χ3n) is 4.41. The van der Waals surface area contributed by atoms with Crippen LogP contribution in [0.4, 0.5) is 4.79 Å². The van der Waals surface area contributed by atoms with Gasteiger partial charge in [-0.3, -0.25) is 0 Å². The molecule has 0 spiro atoms. The number of fused-ring (bicyclic) bond motifs is 3. The molecule has 0 aromatic heterocycles. The van der Waals surface area contributed by atoms with E-state index in [1.54, 1.807) is 0 Å². The second-order valence-corrected chi connectivity index (χ2v) is 5.38. The van der Waals surface area contributed by atoms with Gasteiger partial charge < -0.3 is 24.3 Å². The van der Waals surface area contributed by atoms with E-state index in [0.717, 1.165) is 0 Å². The maximum Gasteiger partial charge on any atom is 0.409 e. The van der Waals surface area contributed by atoms with E-state index in [2.05, 4.69) is 5.32 Å². The molecule has 7 nitrogen and oxygen atoms in total. The third-order valence-corrected chi connectivity index (χ3v) is 4.41. The molecule has 0 radical (unpaired) electrons. The van der Waals surface area contributed by atoms with Crippen LogP contribution in [-0.4, -0.2) is 44.2 Å². The van der Waals surface area contributed by atoms with Crippen molar-refractivity contribution in [1.82, 2.24) is 5.32 Å². The Morgan fingerprint density at radius 3 is 2.90 bits per heavy atom. The lowest BCUT2D eigenvalue weighted by Gasteiger charge is -2.35. The molecule has 0 aromatic carbocycles. The Labute approximate surface area is 116 Å². The molecule has 4 unspecified atom stereocenters. The number of methoxy groups -OCH3 is 1. The van der Waals surface area contributed by atoms with Gasteiger partial charge in [0, 0.05) is 13.0 Å². The second-order valence-electron chi connectivity index (χ2n) is 5.38. The molecule has 7 heteroatoms. The average molecular weight is 283 g/mol. The number of carbonyl (C=O) groups excluding carboxylic acids is 2. The summed E-state index contributed by atoms with van der Waals surface area (Å²) in [6.45, 7) is 1.95. The van der Waals surface area contributed by atoms with Crippen molar-refractivity contribution in [2.75, 3.05) is 14.2 Å². The van der Waals surface area contributed by atoms with E-state index in [4.69, 9.17) is 18.9 Å². The maximum atomic E-state index is 11.8. The van der Waals surface area contributed by atoms with Gasteiger partial charge in [-0.2, -0.15) is 0 Å². The van der Waals surface area contributed by atoms with Crippen LogP contribution in [0.3, 0.4) is 0 Å². The fraction of sp³-hybridized carbons (Fsp3) is 0.692. The highest BCUT2D eigenvalue weighted by atomic mass is 16.7. The Kier molecular flexibility index (Phi) is 2.89.